The first-order valence-corrected chi connectivity index (χ1v) is 5.13. The molecule has 0 spiro atoms. The molecule has 0 aliphatic heterocycles. The lowest BCUT2D eigenvalue weighted by atomic mass is 10.0. The lowest BCUT2D eigenvalue weighted by molar-refractivity contribution is -0.117. The molecule has 0 saturated carbocycles. The quantitative estimate of drug-likeness (QED) is 0.633. The number of ketones is 1. The monoisotopic (exact) mass is 185 g/mol. The fourth-order valence-electron chi connectivity index (χ4n) is 1.42. The summed E-state index contributed by atoms with van der Waals surface area (Å²) in [4.78, 5) is 13.0. The van der Waals surface area contributed by atoms with Gasteiger partial charge in [0.15, 0.2) is 0 Å². The minimum absolute atomic E-state index is 0.281. The maximum Gasteiger partial charge on any atom is 0.131 e. The van der Waals surface area contributed by atoms with E-state index in [1.54, 1.807) is 6.92 Å². The number of hydrogen-bond donors (Lipinski definition) is 0. The maximum atomic E-state index is 10.8. The predicted octanol–water partition coefficient (Wildman–Crippen LogP) is 2.33. The van der Waals surface area contributed by atoms with Crippen LogP contribution in [0.25, 0.3) is 0 Å². The molecular weight excluding hydrogens is 162 g/mol. The van der Waals surface area contributed by atoms with E-state index in [-0.39, 0.29) is 5.78 Å². The molecule has 0 N–H and O–H groups in total. The molecule has 0 aliphatic rings. The van der Waals surface area contributed by atoms with E-state index in [4.69, 9.17) is 0 Å². The lowest BCUT2D eigenvalue weighted by Gasteiger charge is -2.25. The zero-order chi connectivity index (χ0) is 10.4. The van der Waals surface area contributed by atoms with E-state index in [2.05, 4.69) is 32.7 Å². The van der Waals surface area contributed by atoms with Crippen LogP contribution in [-0.2, 0) is 4.79 Å². The highest BCUT2D eigenvalue weighted by molar-refractivity contribution is 5.75. The van der Waals surface area contributed by atoms with Crippen molar-refractivity contribution in [3.05, 3.63) is 0 Å². The number of hydrogen-bond acceptors (Lipinski definition) is 2. The summed E-state index contributed by atoms with van der Waals surface area (Å²) >= 11 is 0. The Kier molecular flexibility index (Phi) is 5.97. The molecular formula is C11H23NO. The molecule has 0 aromatic carbocycles. The smallest absolute Gasteiger partial charge is 0.131 e. The first-order chi connectivity index (χ1) is 5.93. The third kappa shape index (κ3) is 6.76. The van der Waals surface area contributed by atoms with Crippen molar-refractivity contribution in [2.24, 2.45) is 5.92 Å². The summed E-state index contributed by atoms with van der Waals surface area (Å²) in [6, 6.07) is 0.583. The lowest BCUT2D eigenvalue weighted by Crippen LogP contribution is -2.31. The van der Waals surface area contributed by atoms with Crippen molar-refractivity contribution < 1.29 is 4.79 Å². The summed E-state index contributed by atoms with van der Waals surface area (Å²) in [5.74, 6) is 1.01. The Hall–Kier alpha value is -0.370. The van der Waals surface area contributed by atoms with E-state index < -0.39 is 0 Å². The van der Waals surface area contributed by atoms with Crippen LogP contribution in [0, 0.1) is 5.92 Å². The second-order valence-corrected chi connectivity index (χ2v) is 4.41. The van der Waals surface area contributed by atoms with Gasteiger partial charge in [-0.1, -0.05) is 13.8 Å². The maximum absolute atomic E-state index is 10.8. The van der Waals surface area contributed by atoms with Crippen LogP contribution < -0.4 is 0 Å². The van der Waals surface area contributed by atoms with Gasteiger partial charge in [0.05, 0.1) is 0 Å². The molecule has 0 aromatic heterocycles. The van der Waals surface area contributed by atoms with Crippen molar-refractivity contribution in [3.8, 4) is 0 Å². The molecule has 0 fully saturated rings. The van der Waals surface area contributed by atoms with Crippen molar-refractivity contribution in [1.29, 1.82) is 0 Å². The van der Waals surface area contributed by atoms with Crippen LogP contribution in [0.5, 0.6) is 0 Å². The van der Waals surface area contributed by atoms with Gasteiger partial charge in [0, 0.05) is 19.0 Å². The number of carbonyl (C=O) groups excluding carboxylic acids is 1. The highest BCUT2D eigenvalue weighted by Crippen LogP contribution is 2.09. The highest BCUT2D eigenvalue weighted by atomic mass is 16.1. The number of carbonyl (C=O) groups is 1. The van der Waals surface area contributed by atoms with Crippen LogP contribution in [-0.4, -0.2) is 30.3 Å². The Morgan fingerprint density at radius 2 is 1.85 bits per heavy atom. The normalized spacial score (nSPS) is 13.8. The van der Waals surface area contributed by atoms with Crippen molar-refractivity contribution in [2.75, 3.05) is 13.6 Å². The zero-order valence-electron chi connectivity index (χ0n) is 9.63. The Labute approximate surface area is 82.3 Å². The van der Waals surface area contributed by atoms with Gasteiger partial charge < -0.3 is 4.90 Å². The van der Waals surface area contributed by atoms with Crippen LogP contribution in [0.3, 0.4) is 0 Å². The first-order valence-electron chi connectivity index (χ1n) is 5.13. The van der Waals surface area contributed by atoms with E-state index in [1.165, 1.54) is 6.42 Å². The minimum Gasteiger partial charge on any atom is -0.303 e. The molecule has 1 atom stereocenters. The van der Waals surface area contributed by atoms with Crippen molar-refractivity contribution in [1.82, 2.24) is 4.90 Å². The number of nitrogens with zero attached hydrogens (tertiary/aromatic N) is 1. The van der Waals surface area contributed by atoms with Crippen LogP contribution in [0.4, 0.5) is 0 Å². The molecule has 0 aromatic rings. The molecule has 2 nitrogen and oxygen atoms in total. The topological polar surface area (TPSA) is 20.3 Å². The molecule has 0 aliphatic carbocycles. The number of Topliss-reactive ketones (excluding diaryl/α,β-unsaturated/α-hetero) is 1. The molecule has 0 radical (unpaired) electrons. The van der Waals surface area contributed by atoms with Gasteiger partial charge in [-0.05, 0) is 33.2 Å². The predicted molar refractivity (Wildman–Crippen MR) is 56.8 cm³/mol. The third-order valence-electron chi connectivity index (χ3n) is 2.38. The van der Waals surface area contributed by atoms with Crippen molar-refractivity contribution in [2.45, 2.75) is 46.6 Å². The molecule has 0 heterocycles. The van der Waals surface area contributed by atoms with Crippen LogP contribution in [0.15, 0.2) is 0 Å². The average Bonchev–Trinajstić information content (AvgIpc) is 1.98. The van der Waals surface area contributed by atoms with Gasteiger partial charge in [-0.25, -0.2) is 0 Å². The van der Waals surface area contributed by atoms with Gasteiger partial charge in [0.25, 0.3) is 0 Å². The molecule has 78 valence electrons. The summed E-state index contributed by atoms with van der Waals surface area (Å²) in [6.07, 6.45) is 1.88. The third-order valence-corrected chi connectivity index (χ3v) is 2.38. The van der Waals surface area contributed by atoms with Crippen LogP contribution in [0.1, 0.15) is 40.5 Å². The van der Waals surface area contributed by atoms with E-state index in [1.807, 2.05) is 0 Å². The van der Waals surface area contributed by atoms with Crippen molar-refractivity contribution in [3.63, 3.8) is 0 Å². The molecule has 13 heavy (non-hydrogen) atoms. The number of rotatable bonds is 6. The van der Waals surface area contributed by atoms with Crippen LogP contribution >= 0.6 is 0 Å². The molecule has 0 saturated heterocycles. The fraction of sp³-hybridized carbons (Fsp3) is 0.909. The minimum atomic E-state index is 0.281. The van der Waals surface area contributed by atoms with E-state index >= 15 is 0 Å². The van der Waals surface area contributed by atoms with Gasteiger partial charge in [0.2, 0.25) is 0 Å². The Morgan fingerprint density at radius 1 is 1.31 bits per heavy atom. The van der Waals surface area contributed by atoms with E-state index in [0.29, 0.717) is 12.5 Å². The molecule has 0 amide bonds. The largest absolute Gasteiger partial charge is 0.303 e. The summed E-state index contributed by atoms with van der Waals surface area (Å²) < 4.78 is 0. The van der Waals surface area contributed by atoms with Gasteiger partial charge in [-0.3, -0.25) is 4.79 Å². The van der Waals surface area contributed by atoms with Gasteiger partial charge in [0.1, 0.15) is 5.78 Å². The Bertz CT molecular complexity index is 154. The summed E-state index contributed by atoms with van der Waals surface area (Å²) in [5, 5.41) is 0. The second-order valence-electron chi connectivity index (χ2n) is 4.41. The van der Waals surface area contributed by atoms with Crippen molar-refractivity contribution >= 4 is 5.78 Å². The van der Waals surface area contributed by atoms with Gasteiger partial charge >= 0.3 is 0 Å². The Morgan fingerprint density at radius 3 is 2.23 bits per heavy atom. The zero-order valence-corrected chi connectivity index (χ0v) is 9.63. The fourth-order valence-corrected chi connectivity index (χ4v) is 1.42. The molecule has 2 heteroatoms. The summed E-state index contributed by atoms with van der Waals surface area (Å²) in [6.45, 7) is 9.23. The summed E-state index contributed by atoms with van der Waals surface area (Å²) in [7, 11) is 2.09. The standard InChI is InChI=1S/C11H23NO/c1-9(2)8-10(3)12(5)7-6-11(4)13/h9-10H,6-8H2,1-5H3. The highest BCUT2D eigenvalue weighted by Gasteiger charge is 2.10. The van der Waals surface area contributed by atoms with E-state index in [9.17, 15) is 4.79 Å². The van der Waals surface area contributed by atoms with Gasteiger partial charge in [-0.2, -0.15) is 0 Å². The molecule has 1 unspecified atom stereocenters. The first kappa shape index (κ1) is 12.6. The summed E-state index contributed by atoms with van der Waals surface area (Å²) in [5.41, 5.74) is 0. The van der Waals surface area contributed by atoms with Crippen LogP contribution in [0.2, 0.25) is 0 Å². The second kappa shape index (κ2) is 6.14. The van der Waals surface area contributed by atoms with E-state index in [0.717, 1.165) is 12.5 Å². The molecule has 0 bridgehead atoms. The average molecular weight is 185 g/mol. The SMILES string of the molecule is CC(=O)CCN(C)C(C)CC(C)C. The molecule has 0 rings (SSSR count). The Balaban J connectivity index is 3.68. The van der Waals surface area contributed by atoms with Gasteiger partial charge in [-0.15, -0.1) is 0 Å².